The molecule has 2 aromatic rings. The second-order valence-electron chi connectivity index (χ2n) is 9.58. The van der Waals surface area contributed by atoms with Crippen molar-refractivity contribution < 1.29 is 28.8 Å². The Bertz CT molecular complexity index is 920. The molecule has 0 saturated carbocycles. The first-order valence-corrected chi connectivity index (χ1v) is 14.2. The van der Waals surface area contributed by atoms with Crippen molar-refractivity contribution in [3.63, 3.8) is 0 Å². The van der Waals surface area contributed by atoms with Crippen molar-refractivity contribution >= 4 is 18.7 Å². The van der Waals surface area contributed by atoms with Gasteiger partial charge in [0.25, 0.3) is 8.32 Å². The van der Waals surface area contributed by atoms with Gasteiger partial charge in [-0.1, -0.05) is 87.4 Å². The van der Waals surface area contributed by atoms with E-state index < -0.39 is 39.0 Å². The third-order valence-corrected chi connectivity index (χ3v) is 11.2. The maximum Gasteiger partial charge on any atom is 0.261 e. The van der Waals surface area contributed by atoms with Crippen LogP contribution in [0.4, 0.5) is 0 Å². The Hall–Kier alpha value is -2.02. The summed E-state index contributed by atoms with van der Waals surface area (Å²) in [6.45, 7) is 11.3. The predicted octanol–water partition coefficient (Wildman–Crippen LogP) is 2.45. The number of hydrogen-bond donors (Lipinski definition) is 2. The molecule has 0 aromatic heterocycles. The van der Waals surface area contributed by atoms with E-state index in [-0.39, 0.29) is 11.6 Å². The summed E-state index contributed by atoms with van der Waals surface area (Å²) >= 11 is 0. The largest absolute Gasteiger partial charge is 0.405 e. The Balaban J connectivity index is 1.87. The summed E-state index contributed by atoms with van der Waals surface area (Å²) in [5, 5.41) is 23.5. The molecule has 3 rings (SSSR count). The summed E-state index contributed by atoms with van der Waals surface area (Å²) in [4.78, 5) is 0. The first kappa shape index (κ1) is 27.6. The van der Waals surface area contributed by atoms with Gasteiger partial charge in [0.15, 0.2) is 0 Å². The first-order chi connectivity index (χ1) is 16.7. The molecule has 1 saturated heterocycles. The van der Waals surface area contributed by atoms with E-state index in [0.717, 1.165) is 10.4 Å². The van der Waals surface area contributed by atoms with Crippen LogP contribution in [0.2, 0.25) is 5.04 Å². The fourth-order valence-corrected chi connectivity index (χ4v) is 9.13. The van der Waals surface area contributed by atoms with E-state index in [4.69, 9.17) is 18.6 Å². The van der Waals surface area contributed by atoms with Crippen molar-refractivity contribution in [1.82, 2.24) is 0 Å². The fraction of sp³-hybridized carbons (Fsp3) is 0.500. The molecule has 1 heterocycles. The molecule has 0 amide bonds. The number of aliphatic hydroxyl groups is 2. The lowest BCUT2D eigenvalue weighted by Gasteiger charge is -2.43. The maximum atomic E-state index is 10.8. The van der Waals surface area contributed by atoms with Gasteiger partial charge in [0.1, 0.15) is 24.4 Å². The lowest BCUT2D eigenvalue weighted by molar-refractivity contribution is -0.0973. The van der Waals surface area contributed by atoms with Crippen molar-refractivity contribution in [2.45, 2.75) is 70.4 Å². The standard InChI is InChI=1S/C28H38O6Si/c1-6-31-25(32-7-2)19-18-23-26(29)27(30)24(34-23)20-33-35(28(3,4)5,21-14-10-8-11-15-21)22-16-12-9-13-17-22/h8-17,23-27,29-30H,6-7,20H2,1-5H3/t23-,24+,26-,27+/m0/s1. The highest BCUT2D eigenvalue weighted by Gasteiger charge is 2.52. The molecule has 0 bridgehead atoms. The average Bonchev–Trinajstić information content (AvgIpc) is 3.12. The van der Waals surface area contributed by atoms with E-state index in [0.29, 0.717) is 13.2 Å². The highest BCUT2D eigenvalue weighted by atomic mass is 28.4. The Labute approximate surface area is 210 Å². The molecule has 1 aliphatic heterocycles. The van der Waals surface area contributed by atoms with Gasteiger partial charge in [0, 0.05) is 13.2 Å². The smallest absolute Gasteiger partial charge is 0.261 e. The van der Waals surface area contributed by atoms with Gasteiger partial charge in [-0.15, -0.1) is 0 Å². The van der Waals surface area contributed by atoms with Crippen LogP contribution in [0.3, 0.4) is 0 Å². The fourth-order valence-electron chi connectivity index (χ4n) is 4.56. The van der Waals surface area contributed by atoms with Crippen molar-refractivity contribution in [2.75, 3.05) is 19.8 Å². The second-order valence-corrected chi connectivity index (χ2v) is 13.9. The monoisotopic (exact) mass is 498 g/mol. The maximum absolute atomic E-state index is 10.8. The Morgan fingerprint density at radius 1 is 0.886 bits per heavy atom. The minimum absolute atomic E-state index is 0.129. The van der Waals surface area contributed by atoms with Crippen LogP contribution in [0.25, 0.3) is 0 Å². The Kier molecular flexibility index (Phi) is 9.67. The molecule has 190 valence electrons. The molecule has 0 unspecified atom stereocenters. The van der Waals surface area contributed by atoms with E-state index >= 15 is 0 Å². The van der Waals surface area contributed by atoms with Gasteiger partial charge in [-0.25, -0.2) is 0 Å². The molecule has 4 atom stereocenters. The normalized spacial score (nSPS) is 22.7. The van der Waals surface area contributed by atoms with Gasteiger partial charge in [0.05, 0.1) is 6.61 Å². The van der Waals surface area contributed by atoms with Crippen LogP contribution in [0, 0.1) is 11.8 Å². The summed E-state index contributed by atoms with van der Waals surface area (Å²) in [5.41, 5.74) is 0. The molecule has 2 N–H and O–H groups in total. The second kappa shape index (κ2) is 12.3. The topological polar surface area (TPSA) is 77.4 Å². The van der Waals surface area contributed by atoms with Crippen molar-refractivity contribution in [3.05, 3.63) is 60.7 Å². The lowest BCUT2D eigenvalue weighted by Crippen LogP contribution is -2.67. The lowest BCUT2D eigenvalue weighted by atomic mass is 10.1. The van der Waals surface area contributed by atoms with Gasteiger partial charge in [-0.2, -0.15) is 0 Å². The summed E-state index contributed by atoms with van der Waals surface area (Å²) in [6, 6.07) is 20.5. The van der Waals surface area contributed by atoms with Gasteiger partial charge >= 0.3 is 0 Å². The molecular formula is C28H38O6Si. The third-order valence-electron chi connectivity index (χ3n) is 6.22. The zero-order valence-corrected chi connectivity index (χ0v) is 22.3. The van der Waals surface area contributed by atoms with Crippen LogP contribution in [0.15, 0.2) is 60.7 Å². The summed E-state index contributed by atoms with van der Waals surface area (Å²) < 4.78 is 23.7. The highest BCUT2D eigenvalue weighted by molar-refractivity contribution is 6.99. The SMILES string of the molecule is CCOC(C#C[C@@H]1O[C@H](CO[Si](c2ccccc2)(c2ccccc2)C(C)(C)C)[C@@H](O)[C@H]1O)OCC. The van der Waals surface area contributed by atoms with E-state index in [1.165, 1.54) is 0 Å². The first-order valence-electron chi connectivity index (χ1n) is 12.3. The van der Waals surface area contributed by atoms with Crippen LogP contribution in [-0.4, -0.2) is 69.1 Å². The molecule has 1 aliphatic rings. The molecular weight excluding hydrogens is 460 g/mol. The third kappa shape index (κ3) is 6.22. The molecule has 0 spiro atoms. The Morgan fingerprint density at radius 3 is 1.86 bits per heavy atom. The number of ether oxygens (including phenoxy) is 3. The molecule has 0 aliphatic carbocycles. The predicted molar refractivity (Wildman–Crippen MR) is 139 cm³/mol. The summed E-state index contributed by atoms with van der Waals surface area (Å²) in [5.74, 6) is 5.74. The van der Waals surface area contributed by atoms with E-state index in [1.54, 1.807) is 0 Å². The molecule has 6 nitrogen and oxygen atoms in total. The van der Waals surface area contributed by atoms with E-state index in [1.807, 2.05) is 50.2 Å². The zero-order chi connectivity index (χ0) is 25.5. The van der Waals surface area contributed by atoms with Gasteiger partial charge in [0.2, 0.25) is 6.29 Å². The van der Waals surface area contributed by atoms with Crippen LogP contribution in [0.5, 0.6) is 0 Å². The average molecular weight is 499 g/mol. The summed E-state index contributed by atoms with van der Waals surface area (Å²) in [7, 11) is -2.80. The zero-order valence-electron chi connectivity index (χ0n) is 21.3. The van der Waals surface area contributed by atoms with Crippen LogP contribution < -0.4 is 10.4 Å². The number of benzene rings is 2. The molecule has 7 heteroatoms. The van der Waals surface area contributed by atoms with Crippen molar-refractivity contribution in [2.24, 2.45) is 0 Å². The number of aliphatic hydroxyl groups excluding tert-OH is 2. The van der Waals surface area contributed by atoms with Crippen LogP contribution in [0.1, 0.15) is 34.6 Å². The molecule has 2 aromatic carbocycles. The van der Waals surface area contributed by atoms with Crippen molar-refractivity contribution in [1.29, 1.82) is 0 Å². The number of hydrogen-bond acceptors (Lipinski definition) is 6. The van der Waals surface area contributed by atoms with Gasteiger partial charge in [-0.3, -0.25) is 0 Å². The molecule has 0 radical (unpaired) electrons. The minimum Gasteiger partial charge on any atom is -0.405 e. The van der Waals surface area contributed by atoms with Crippen molar-refractivity contribution in [3.8, 4) is 11.8 Å². The summed E-state index contributed by atoms with van der Waals surface area (Å²) in [6.07, 6.45) is -4.56. The Morgan fingerprint density at radius 2 is 1.40 bits per heavy atom. The van der Waals surface area contributed by atoms with Crippen LogP contribution >= 0.6 is 0 Å². The van der Waals surface area contributed by atoms with E-state index in [9.17, 15) is 10.2 Å². The number of rotatable bonds is 9. The van der Waals surface area contributed by atoms with E-state index in [2.05, 4.69) is 56.9 Å². The molecule has 1 fully saturated rings. The van der Waals surface area contributed by atoms with Crippen LogP contribution in [-0.2, 0) is 18.6 Å². The minimum atomic E-state index is -2.80. The van der Waals surface area contributed by atoms with Gasteiger partial charge < -0.3 is 28.8 Å². The quantitative estimate of drug-likeness (QED) is 0.314. The highest BCUT2D eigenvalue weighted by Crippen LogP contribution is 2.37. The van der Waals surface area contributed by atoms with Gasteiger partial charge in [-0.05, 0) is 35.2 Å². The molecule has 35 heavy (non-hydrogen) atoms.